The van der Waals surface area contributed by atoms with Gasteiger partial charge in [-0.3, -0.25) is 9.59 Å². The van der Waals surface area contributed by atoms with Crippen LogP contribution in [0.4, 0.5) is 5.69 Å². The van der Waals surface area contributed by atoms with Crippen molar-refractivity contribution in [1.29, 1.82) is 0 Å². The van der Waals surface area contributed by atoms with Gasteiger partial charge in [0.15, 0.2) is 5.76 Å². The van der Waals surface area contributed by atoms with Crippen LogP contribution in [-0.2, 0) is 14.8 Å². The van der Waals surface area contributed by atoms with Crippen molar-refractivity contribution in [2.75, 3.05) is 11.9 Å². The van der Waals surface area contributed by atoms with Crippen LogP contribution in [0.15, 0.2) is 76.0 Å². The van der Waals surface area contributed by atoms with Gasteiger partial charge in [0.25, 0.3) is 5.91 Å². The Kier molecular flexibility index (Phi) is 8.40. The summed E-state index contributed by atoms with van der Waals surface area (Å²) in [5.74, 6) is 3.56. The first-order valence-corrected chi connectivity index (χ1v) is 13.9. The van der Waals surface area contributed by atoms with Crippen molar-refractivity contribution in [2.24, 2.45) is 5.92 Å². The number of sulfonamides is 1. The molecule has 3 aromatic carbocycles. The number of carboxylic acids is 1. The van der Waals surface area contributed by atoms with Crippen LogP contribution in [0.3, 0.4) is 0 Å². The second-order valence-corrected chi connectivity index (χ2v) is 11.1. The Hall–Kier alpha value is -4.43. The van der Waals surface area contributed by atoms with E-state index in [1.165, 1.54) is 12.1 Å². The predicted octanol–water partition coefficient (Wildman–Crippen LogP) is 4.39. The third-order valence-corrected chi connectivity index (χ3v) is 7.77. The highest BCUT2D eigenvalue weighted by molar-refractivity contribution is 7.89. The molecule has 4 N–H and O–H groups in total. The molecule has 1 heterocycles. The predicted molar refractivity (Wildman–Crippen MR) is 151 cm³/mol. The van der Waals surface area contributed by atoms with E-state index < -0.39 is 33.9 Å². The first kappa shape index (κ1) is 28.6. The molecule has 0 aliphatic heterocycles. The van der Waals surface area contributed by atoms with Crippen LogP contribution in [-0.4, -0.2) is 43.2 Å². The van der Waals surface area contributed by atoms with Crippen LogP contribution >= 0.6 is 0 Å². The molecule has 0 radical (unpaired) electrons. The van der Waals surface area contributed by atoms with Crippen LogP contribution in [0.25, 0.3) is 22.1 Å². The summed E-state index contributed by atoms with van der Waals surface area (Å²) in [5.41, 5.74) is 3.87. The molecule has 0 aliphatic carbocycles. The van der Waals surface area contributed by atoms with Gasteiger partial charge in [-0.05, 0) is 60.4 Å². The number of benzene rings is 3. The highest BCUT2D eigenvalue weighted by Gasteiger charge is 2.28. The van der Waals surface area contributed by atoms with Crippen molar-refractivity contribution >= 4 is 38.6 Å². The lowest BCUT2D eigenvalue weighted by atomic mass is 10.0. The lowest BCUT2D eigenvalue weighted by molar-refractivity contribution is -0.140. The summed E-state index contributed by atoms with van der Waals surface area (Å²) in [6, 6.07) is 17.2. The summed E-state index contributed by atoms with van der Waals surface area (Å²) in [5, 5.41) is 21.9. The highest BCUT2D eigenvalue weighted by atomic mass is 32.2. The monoisotopic (exact) mass is 560 g/mol. The van der Waals surface area contributed by atoms with Gasteiger partial charge >= 0.3 is 5.97 Å². The number of nitrogens with one attached hydrogen (secondary N) is 2. The Morgan fingerprint density at radius 1 is 0.975 bits per heavy atom. The SMILES string of the molecule is Cc1c(C(=O)Nc2ccc(-c3ccc(S(=O)(=O)NC(C(=O)O)C(C)C)cc3)cc2)oc2cccc(C#CCO)c12. The fraction of sp³-hybridized carbons (Fsp3) is 0.200. The van der Waals surface area contributed by atoms with Crippen LogP contribution in [0.1, 0.15) is 35.5 Å². The molecule has 10 heteroatoms. The first-order chi connectivity index (χ1) is 19.0. The Bertz CT molecular complexity index is 1730. The van der Waals surface area contributed by atoms with Gasteiger partial charge in [0, 0.05) is 22.2 Å². The minimum atomic E-state index is -4.02. The van der Waals surface area contributed by atoms with Crippen LogP contribution in [0, 0.1) is 24.7 Å². The van der Waals surface area contributed by atoms with Gasteiger partial charge in [-0.1, -0.05) is 56.0 Å². The molecule has 1 aromatic heterocycles. The molecule has 1 amide bonds. The zero-order chi connectivity index (χ0) is 29.0. The molecule has 0 bridgehead atoms. The molecule has 1 atom stereocenters. The van der Waals surface area contributed by atoms with Gasteiger partial charge in [0.1, 0.15) is 18.2 Å². The average molecular weight is 561 g/mol. The molecule has 0 saturated carbocycles. The summed E-state index contributed by atoms with van der Waals surface area (Å²) in [4.78, 5) is 24.4. The molecule has 206 valence electrons. The maximum Gasteiger partial charge on any atom is 0.322 e. The van der Waals surface area contributed by atoms with E-state index in [4.69, 9.17) is 9.52 Å². The van der Waals surface area contributed by atoms with Crippen molar-refractivity contribution < 1.29 is 32.6 Å². The number of fused-ring (bicyclic) bond motifs is 1. The second kappa shape index (κ2) is 11.8. The normalized spacial score (nSPS) is 12.1. The Labute approximate surface area is 231 Å². The van der Waals surface area contributed by atoms with Crippen molar-refractivity contribution in [1.82, 2.24) is 4.72 Å². The number of hydrogen-bond acceptors (Lipinski definition) is 6. The number of amides is 1. The molecule has 0 aliphatic rings. The van der Waals surface area contributed by atoms with Gasteiger partial charge in [-0.15, -0.1) is 0 Å². The molecule has 4 rings (SSSR count). The number of furan rings is 1. The van der Waals surface area contributed by atoms with Crippen LogP contribution < -0.4 is 10.0 Å². The van der Waals surface area contributed by atoms with Gasteiger partial charge in [-0.25, -0.2) is 8.42 Å². The van der Waals surface area contributed by atoms with E-state index in [-0.39, 0.29) is 17.3 Å². The number of anilines is 1. The summed E-state index contributed by atoms with van der Waals surface area (Å²) in [6.45, 7) is 4.75. The largest absolute Gasteiger partial charge is 0.480 e. The fourth-order valence-corrected chi connectivity index (χ4v) is 5.56. The maximum absolute atomic E-state index is 13.0. The molecule has 0 saturated heterocycles. The summed E-state index contributed by atoms with van der Waals surface area (Å²) in [7, 11) is -4.02. The van der Waals surface area contributed by atoms with E-state index in [2.05, 4.69) is 21.9 Å². The molecule has 9 nitrogen and oxygen atoms in total. The summed E-state index contributed by atoms with van der Waals surface area (Å²) < 4.78 is 33.4. The third-order valence-electron chi connectivity index (χ3n) is 6.32. The fourth-order valence-electron chi connectivity index (χ4n) is 4.23. The van der Waals surface area contributed by atoms with Crippen LogP contribution in [0.5, 0.6) is 0 Å². The number of carbonyl (C=O) groups is 2. The molecule has 0 fully saturated rings. The lowest BCUT2D eigenvalue weighted by Crippen LogP contribution is -2.44. The van der Waals surface area contributed by atoms with E-state index in [1.54, 1.807) is 75.4 Å². The zero-order valence-electron chi connectivity index (χ0n) is 22.1. The number of hydrogen-bond donors (Lipinski definition) is 4. The molecule has 0 spiro atoms. The molecule has 40 heavy (non-hydrogen) atoms. The molecular weight excluding hydrogens is 532 g/mol. The Morgan fingerprint density at radius 2 is 1.60 bits per heavy atom. The van der Waals surface area contributed by atoms with Crippen molar-refractivity contribution in [3.63, 3.8) is 0 Å². The minimum Gasteiger partial charge on any atom is -0.480 e. The number of aliphatic hydroxyl groups is 1. The van der Waals surface area contributed by atoms with Gasteiger partial charge in [0.2, 0.25) is 10.0 Å². The highest BCUT2D eigenvalue weighted by Crippen LogP contribution is 2.29. The Morgan fingerprint density at radius 3 is 2.17 bits per heavy atom. The van der Waals surface area contributed by atoms with E-state index in [0.717, 1.165) is 11.1 Å². The number of carbonyl (C=O) groups excluding carboxylic acids is 1. The van der Waals surface area contributed by atoms with E-state index in [9.17, 15) is 23.1 Å². The van der Waals surface area contributed by atoms with E-state index in [0.29, 0.717) is 27.8 Å². The topological polar surface area (TPSA) is 146 Å². The second-order valence-electron chi connectivity index (χ2n) is 9.43. The average Bonchev–Trinajstić information content (AvgIpc) is 3.28. The minimum absolute atomic E-state index is 0.0428. The third kappa shape index (κ3) is 6.07. The van der Waals surface area contributed by atoms with Crippen molar-refractivity contribution in [3.8, 4) is 23.0 Å². The van der Waals surface area contributed by atoms with Gasteiger partial charge in [0.05, 0.1) is 4.90 Å². The molecule has 4 aromatic rings. The molecular formula is C30H28N2O7S. The lowest BCUT2D eigenvalue weighted by Gasteiger charge is -2.18. The Balaban J connectivity index is 1.49. The smallest absolute Gasteiger partial charge is 0.322 e. The van der Waals surface area contributed by atoms with Crippen LogP contribution in [0.2, 0.25) is 0 Å². The number of carboxylic acid groups (broad SMARTS) is 1. The number of aliphatic hydroxyl groups excluding tert-OH is 1. The van der Waals surface area contributed by atoms with Crippen molar-refractivity contribution in [2.45, 2.75) is 31.7 Å². The van der Waals surface area contributed by atoms with Crippen molar-refractivity contribution in [3.05, 3.63) is 83.6 Å². The number of rotatable bonds is 8. The van der Waals surface area contributed by atoms with Gasteiger partial charge < -0.3 is 19.9 Å². The van der Waals surface area contributed by atoms with E-state index >= 15 is 0 Å². The first-order valence-electron chi connectivity index (χ1n) is 12.4. The standard InChI is InChI=1S/C30H28N2O7S/c1-18(2)27(30(35)36)32-40(37,38)24-15-11-21(12-16-24)20-9-13-23(14-10-20)31-29(34)28-19(3)26-22(7-5-17-33)6-4-8-25(26)39-28/h4,6,8-16,18,27,32-33H,17H2,1-3H3,(H,31,34)(H,35,36). The quantitative estimate of drug-likeness (QED) is 0.234. The summed E-state index contributed by atoms with van der Waals surface area (Å²) in [6.07, 6.45) is 0. The zero-order valence-corrected chi connectivity index (χ0v) is 22.9. The van der Waals surface area contributed by atoms with E-state index in [1.807, 2.05) is 0 Å². The van der Waals surface area contributed by atoms with Gasteiger partial charge in [-0.2, -0.15) is 4.72 Å². The maximum atomic E-state index is 13.0. The number of aliphatic carboxylic acids is 1. The number of aryl methyl sites for hydroxylation is 1. The summed E-state index contributed by atoms with van der Waals surface area (Å²) >= 11 is 0. The molecule has 1 unspecified atom stereocenters.